The van der Waals surface area contributed by atoms with Crippen molar-refractivity contribution in [1.82, 2.24) is 9.88 Å². The molecule has 0 spiro atoms. The van der Waals surface area contributed by atoms with Gasteiger partial charge >= 0.3 is 5.97 Å². The van der Waals surface area contributed by atoms with Crippen molar-refractivity contribution in [3.63, 3.8) is 0 Å². The van der Waals surface area contributed by atoms with Gasteiger partial charge in [0.2, 0.25) is 0 Å². The third-order valence-corrected chi connectivity index (χ3v) is 5.11. The van der Waals surface area contributed by atoms with Crippen LogP contribution in [0.4, 0.5) is 0 Å². The Morgan fingerprint density at radius 1 is 1.08 bits per heavy atom. The second-order valence-electron chi connectivity index (χ2n) is 6.10. The maximum atomic E-state index is 11.2. The normalized spacial score (nSPS) is 11.0. The zero-order valence-electron chi connectivity index (χ0n) is 14.3. The average Bonchev–Trinajstić information content (AvgIpc) is 2.98. The monoisotopic (exact) mass is 352 g/mol. The van der Waals surface area contributed by atoms with Crippen LogP contribution in [-0.2, 0) is 13.1 Å². The third-order valence-electron chi connectivity index (χ3n) is 3.91. The highest BCUT2D eigenvalue weighted by Crippen LogP contribution is 2.28. The zero-order valence-corrected chi connectivity index (χ0v) is 15.1. The van der Waals surface area contributed by atoms with E-state index in [2.05, 4.69) is 53.3 Å². The van der Waals surface area contributed by atoms with Crippen molar-refractivity contribution in [3.05, 3.63) is 76.3 Å². The molecule has 0 saturated heterocycles. The second kappa shape index (κ2) is 7.59. The average molecular weight is 352 g/mol. The molecule has 1 heterocycles. The van der Waals surface area contributed by atoms with E-state index in [9.17, 15) is 9.90 Å². The Morgan fingerprint density at radius 3 is 2.44 bits per heavy atom. The number of carbonyl (C=O) groups is 1. The van der Waals surface area contributed by atoms with Gasteiger partial charge in [-0.2, -0.15) is 0 Å². The first kappa shape index (κ1) is 17.3. The molecule has 1 aromatic heterocycles. The predicted molar refractivity (Wildman–Crippen MR) is 101 cm³/mol. The lowest BCUT2D eigenvalue weighted by Crippen LogP contribution is -2.17. The van der Waals surface area contributed by atoms with E-state index in [4.69, 9.17) is 0 Å². The second-order valence-corrected chi connectivity index (χ2v) is 7.10. The van der Waals surface area contributed by atoms with E-state index in [1.807, 2.05) is 18.2 Å². The summed E-state index contributed by atoms with van der Waals surface area (Å²) >= 11 is 1.23. The maximum absolute atomic E-state index is 11.2. The van der Waals surface area contributed by atoms with Gasteiger partial charge in [-0.15, -0.1) is 11.3 Å². The van der Waals surface area contributed by atoms with Crippen LogP contribution < -0.4 is 0 Å². The lowest BCUT2D eigenvalue weighted by molar-refractivity contribution is 0.0701. The Bertz CT molecular complexity index is 874. The number of hydrogen-bond acceptors (Lipinski definition) is 4. The van der Waals surface area contributed by atoms with Gasteiger partial charge in [-0.05, 0) is 31.2 Å². The molecule has 128 valence electrons. The van der Waals surface area contributed by atoms with Crippen molar-refractivity contribution in [2.75, 3.05) is 7.05 Å². The molecule has 3 aromatic rings. The summed E-state index contributed by atoms with van der Waals surface area (Å²) in [7, 11) is 2.09. The SMILES string of the molecule is Cc1nc(-c2cccc(CN(C)Cc3ccccc3)c2)sc1C(=O)O. The van der Waals surface area contributed by atoms with Gasteiger partial charge < -0.3 is 5.11 Å². The molecule has 25 heavy (non-hydrogen) atoms. The van der Waals surface area contributed by atoms with E-state index in [1.165, 1.54) is 22.5 Å². The number of aryl methyl sites for hydroxylation is 1. The standard InChI is InChI=1S/C20H20N2O2S/c1-14-18(20(23)24)25-19(21-14)17-10-6-9-16(11-17)13-22(2)12-15-7-4-3-5-8-15/h3-11H,12-13H2,1-2H3,(H,23,24). The van der Waals surface area contributed by atoms with Crippen molar-refractivity contribution in [2.24, 2.45) is 0 Å². The fourth-order valence-corrected chi connectivity index (χ4v) is 3.69. The van der Waals surface area contributed by atoms with Gasteiger partial charge in [0.1, 0.15) is 9.88 Å². The number of carboxylic acids is 1. The topological polar surface area (TPSA) is 53.4 Å². The number of hydrogen-bond donors (Lipinski definition) is 1. The fraction of sp³-hybridized carbons (Fsp3) is 0.200. The lowest BCUT2D eigenvalue weighted by atomic mass is 10.1. The molecule has 4 nitrogen and oxygen atoms in total. The summed E-state index contributed by atoms with van der Waals surface area (Å²) in [5.41, 5.74) is 3.99. The Balaban J connectivity index is 1.75. The molecule has 0 fully saturated rings. The highest BCUT2D eigenvalue weighted by atomic mass is 32.1. The minimum atomic E-state index is -0.917. The molecule has 0 aliphatic heterocycles. The molecule has 5 heteroatoms. The maximum Gasteiger partial charge on any atom is 0.347 e. The highest BCUT2D eigenvalue weighted by molar-refractivity contribution is 7.17. The van der Waals surface area contributed by atoms with Gasteiger partial charge in [0.05, 0.1) is 5.69 Å². The molecule has 3 rings (SSSR count). The van der Waals surface area contributed by atoms with Crippen LogP contribution in [0.1, 0.15) is 26.5 Å². The summed E-state index contributed by atoms with van der Waals surface area (Å²) in [4.78, 5) is 18.2. The summed E-state index contributed by atoms with van der Waals surface area (Å²) in [6, 6.07) is 18.5. The van der Waals surface area contributed by atoms with Gasteiger partial charge in [0.25, 0.3) is 0 Å². The summed E-state index contributed by atoms with van der Waals surface area (Å²) in [6.07, 6.45) is 0. The molecule has 0 atom stereocenters. The summed E-state index contributed by atoms with van der Waals surface area (Å²) < 4.78 is 0. The molecule has 0 radical (unpaired) electrons. The largest absolute Gasteiger partial charge is 0.477 e. The quantitative estimate of drug-likeness (QED) is 0.712. The first-order chi connectivity index (χ1) is 12.0. The summed E-state index contributed by atoms with van der Waals surface area (Å²) in [5, 5.41) is 9.96. The molecule has 2 aromatic carbocycles. The number of aromatic carboxylic acids is 1. The Morgan fingerprint density at radius 2 is 1.76 bits per heavy atom. The minimum Gasteiger partial charge on any atom is -0.477 e. The van der Waals surface area contributed by atoms with E-state index in [-0.39, 0.29) is 0 Å². The Kier molecular flexibility index (Phi) is 5.26. The van der Waals surface area contributed by atoms with Gasteiger partial charge in [-0.1, -0.05) is 48.5 Å². The van der Waals surface area contributed by atoms with E-state index >= 15 is 0 Å². The molecule has 0 amide bonds. The summed E-state index contributed by atoms with van der Waals surface area (Å²) in [6.45, 7) is 3.43. The van der Waals surface area contributed by atoms with Crippen LogP contribution in [0.25, 0.3) is 10.6 Å². The minimum absolute atomic E-state index is 0.307. The molecule has 0 saturated carbocycles. The van der Waals surface area contributed by atoms with Crippen molar-refractivity contribution in [1.29, 1.82) is 0 Å². The smallest absolute Gasteiger partial charge is 0.347 e. The number of aromatic nitrogens is 1. The molecular weight excluding hydrogens is 332 g/mol. The zero-order chi connectivity index (χ0) is 17.8. The van der Waals surface area contributed by atoms with Crippen LogP contribution in [0.2, 0.25) is 0 Å². The molecule has 0 aliphatic carbocycles. The van der Waals surface area contributed by atoms with Crippen LogP contribution in [0.15, 0.2) is 54.6 Å². The van der Waals surface area contributed by atoms with Crippen LogP contribution in [-0.4, -0.2) is 28.0 Å². The molecule has 0 aliphatic rings. The van der Waals surface area contributed by atoms with E-state index in [0.29, 0.717) is 10.6 Å². The van der Waals surface area contributed by atoms with Crippen LogP contribution in [0.5, 0.6) is 0 Å². The molecule has 1 N–H and O–H groups in total. The number of rotatable bonds is 6. The first-order valence-electron chi connectivity index (χ1n) is 8.05. The lowest BCUT2D eigenvalue weighted by Gasteiger charge is -2.17. The fourth-order valence-electron chi connectivity index (χ4n) is 2.78. The summed E-state index contributed by atoms with van der Waals surface area (Å²) in [5.74, 6) is -0.917. The van der Waals surface area contributed by atoms with Crippen molar-refractivity contribution in [2.45, 2.75) is 20.0 Å². The van der Waals surface area contributed by atoms with Crippen molar-refractivity contribution >= 4 is 17.3 Å². The number of nitrogens with zero attached hydrogens (tertiary/aromatic N) is 2. The number of benzene rings is 2. The van der Waals surface area contributed by atoms with E-state index in [1.54, 1.807) is 6.92 Å². The van der Waals surface area contributed by atoms with Crippen LogP contribution in [0, 0.1) is 6.92 Å². The third kappa shape index (κ3) is 4.32. The molecular formula is C20H20N2O2S. The number of carboxylic acid groups (broad SMARTS) is 1. The van der Waals surface area contributed by atoms with Crippen molar-refractivity contribution in [3.8, 4) is 10.6 Å². The Labute approximate surface area is 151 Å². The van der Waals surface area contributed by atoms with Gasteiger partial charge in [0, 0.05) is 18.7 Å². The van der Waals surface area contributed by atoms with Crippen LogP contribution in [0.3, 0.4) is 0 Å². The number of thiazole rings is 1. The molecule has 0 unspecified atom stereocenters. The van der Waals surface area contributed by atoms with Gasteiger partial charge in [-0.25, -0.2) is 9.78 Å². The highest BCUT2D eigenvalue weighted by Gasteiger charge is 2.15. The van der Waals surface area contributed by atoms with E-state index in [0.717, 1.165) is 23.7 Å². The predicted octanol–water partition coefficient (Wildman–Crippen LogP) is 4.45. The van der Waals surface area contributed by atoms with E-state index < -0.39 is 5.97 Å². The Hall–Kier alpha value is -2.50. The molecule has 0 bridgehead atoms. The van der Waals surface area contributed by atoms with Crippen molar-refractivity contribution < 1.29 is 9.90 Å². The van der Waals surface area contributed by atoms with Gasteiger partial charge in [0.15, 0.2) is 0 Å². The van der Waals surface area contributed by atoms with Crippen LogP contribution >= 0.6 is 11.3 Å². The first-order valence-corrected chi connectivity index (χ1v) is 8.87. The van der Waals surface area contributed by atoms with Gasteiger partial charge in [-0.3, -0.25) is 4.90 Å².